The lowest BCUT2D eigenvalue weighted by Gasteiger charge is -2.12. The molecule has 106 valence electrons. The van der Waals surface area contributed by atoms with Crippen LogP contribution in [0.25, 0.3) is 10.9 Å². The van der Waals surface area contributed by atoms with E-state index in [-0.39, 0.29) is 5.91 Å². The van der Waals surface area contributed by atoms with E-state index in [2.05, 4.69) is 15.5 Å². The summed E-state index contributed by atoms with van der Waals surface area (Å²) in [4.78, 5) is 12.4. The minimum absolute atomic E-state index is 0.305. The number of para-hydroxylation sites is 2. The molecule has 1 aromatic heterocycles. The molecule has 3 N–H and O–H groups in total. The van der Waals surface area contributed by atoms with Crippen LogP contribution in [0.5, 0.6) is 0 Å². The van der Waals surface area contributed by atoms with Crippen LogP contribution in [0.1, 0.15) is 29.1 Å². The van der Waals surface area contributed by atoms with Crippen LogP contribution in [-0.2, 0) is 0 Å². The molecule has 0 aliphatic heterocycles. The van der Waals surface area contributed by atoms with Crippen molar-refractivity contribution in [1.82, 2.24) is 10.2 Å². The second-order valence-corrected chi connectivity index (χ2v) is 4.84. The molecule has 0 aliphatic rings. The molecule has 0 saturated heterocycles. The third kappa shape index (κ3) is 2.51. The number of benzene rings is 2. The van der Waals surface area contributed by atoms with E-state index >= 15 is 0 Å². The topological polar surface area (TPSA) is 78.0 Å². The lowest BCUT2D eigenvalue weighted by molar-refractivity contribution is 0.102. The molecule has 2 aromatic carbocycles. The van der Waals surface area contributed by atoms with Gasteiger partial charge in [0.2, 0.25) is 0 Å². The number of carbonyl (C=O) groups is 1. The van der Waals surface area contributed by atoms with E-state index in [0.717, 1.165) is 10.9 Å². The molecule has 0 saturated carbocycles. The van der Waals surface area contributed by atoms with Gasteiger partial charge in [0.15, 0.2) is 5.69 Å². The van der Waals surface area contributed by atoms with Crippen molar-refractivity contribution in [2.75, 3.05) is 5.32 Å². The summed E-state index contributed by atoms with van der Waals surface area (Å²) in [7, 11) is 0. The van der Waals surface area contributed by atoms with Crippen molar-refractivity contribution in [3.05, 3.63) is 59.8 Å². The smallest absolute Gasteiger partial charge is 0.276 e. The maximum atomic E-state index is 12.4. The van der Waals surface area contributed by atoms with Gasteiger partial charge in [-0.15, -0.1) is 0 Å². The molecule has 0 aliphatic carbocycles. The monoisotopic (exact) mass is 281 g/mol. The molecule has 1 atom stereocenters. The van der Waals surface area contributed by atoms with Crippen molar-refractivity contribution in [2.45, 2.75) is 13.0 Å². The van der Waals surface area contributed by atoms with Crippen molar-refractivity contribution in [2.24, 2.45) is 0 Å². The second-order valence-electron chi connectivity index (χ2n) is 4.84. The van der Waals surface area contributed by atoms with Gasteiger partial charge in [0.05, 0.1) is 11.6 Å². The number of nitrogens with zero attached hydrogens (tertiary/aromatic N) is 1. The second kappa shape index (κ2) is 5.38. The van der Waals surface area contributed by atoms with Gasteiger partial charge in [-0.05, 0) is 19.1 Å². The number of anilines is 1. The van der Waals surface area contributed by atoms with Crippen LogP contribution in [0.2, 0.25) is 0 Å². The number of H-pyrrole nitrogens is 1. The minimum Gasteiger partial charge on any atom is -0.389 e. The van der Waals surface area contributed by atoms with Crippen molar-refractivity contribution in [3.8, 4) is 0 Å². The van der Waals surface area contributed by atoms with Gasteiger partial charge in [0.25, 0.3) is 5.91 Å². The normalized spacial score (nSPS) is 12.3. The SMILES string of the molecule is CC(O)c1ccccc1NC(=O)c1n[nH]c2ccccc12. The number of carbonyl (C=O) groups excluding carboxylic acids is 1. The zero-order chi connectivity index (χ0) is 14.8. The number of aromatic amines is 1. The van der Waals surface area contributed by atoms with Gasteiger partial charge in [-0.3, -0.25) is 9.89 Å². The lowest BCUT2D eigenvalue weighted by atomic mass is 10.1. The lowest BCUT2D eigenvalue weighted by Crippen LogP contribution is -2.14. The van der Waals surface area contributed by atoms with Crippen LogP contribution < -0.4 is 5.32 Å². The molecule has 1 amide bonds. The minimum atomic E-state index is -0.655. The van der Waals surface area contributed by atoms with Gasteiger partial charge in [-0.2, -0.15) is 5.10 Å². The van der Waals surface area contributed by atoms with E-state index < -0.39 is 6.10 Å². The molecule has 0 bridgehead atoms. The number of aromatic nitrogens is 2. The Morgan fingerprint density at radius 2 is 1.90 bits per heavy atom. The number of nitrogens with one attached hydrogen (secondary N) is 2. The molecule has 5 nitrogen and oxygen atoms in total. The summed E-state index contributed by atoms with van der Waals surface area (Å²) in [5.74, 6) is -0.305. The first kappa shape index (κ1) is 13.3. The van der Waals surface area contributed by atoms with Gasteiger partial charge in [0, 0.05) is 16.6 Å². The molecule has 0 spiro atoms. The predicted octanol–water partition coefficient (Wildman–Crippen LogP) is 2.87. The van der Waals surface area contributed by atoms with Crippen molar-refractivity contribution in [3.63, 3.8) is 0 Å². The maximum Gasteiger partial charge on any atom is 0.276 e. The Hall–Kier alpha value is -2.66. The van der Waals surface area contributed by atoms with E-state index in [1.807, 2.05) is 36.4 Å². The van der Waals surface area contributed by atoms with Gasteiger partial charge in [-0.25, -0.2) is 0 Å². The molecule has 1 unspecified atom stereocenters. The largest absolute Gasteiger partial charge is 0.389 e. The fourth-order valence-corrected chi connectivity index (χ4v) is 2.29. The number of rotatable bonds is 3. The predicted molar refractivity (Wildman–Crippen MR) is 81.1 cm³/mol. The third-order valence-corrected chi connectivity index (χ3v) is 3.34. The molecule has 0 radical (unpaired) electrons. The highest BCUT2D eigenvalue weighted by Gasteiger charge is 2.16. The van der Waals surface area contributed by atoms with Crippen LogP contribution in [0.4, 0.5) is 5.69 Å². The first-order valence-electron chi connectivity index (χ1n) is 6.68. The summed E-state index contributed by atoms with van der Waals surface area (Å²) in [6.07, 6.45) is -0.655. The van der Waals surface area contributed by atoms with Crippen molar-refractivity contribution >= 4 is 22.5 Å². The Bertz CT molecular complexity index is 793. The Morgan fingerprint density at radius 1 is 1.19 bits per heavy atom. The molecule has 5 heteroatoms. The average Bonchev–Trinajstić information content (AvgIpc) is 2.91. The van der Waals surface area contributed by atoms with Crippen LogP contribution in [0.3, 0.4) is 0 Å². The van der Waals surface area contributed by atoms with E-state index in [1.165, 1.54) is 0 Å². The summed E-state index contributed by atoms with van der Waals surface area (Å²) in [6.45, 7) is 1.66. The van der Waals surface area contributed by atoms with Crippen LogP contribution in [-0.4, -0.2) is 21.2 Å². The zero-order valence-electron chi connectivity index (χ0n) is 11.5. The Kier molecular flexibility index (Phi) is 3.41. The van der Waals surface area contributed by atoms with E-state index in [9.17, 15) is 9.90 Å². The van der Waals surface area contributed by atoms with Crippen molar-refractivity contribution < 1.29 is 9.90 Å². The molecular weight excluding hydrogens is 266 g/mol. The van der Waals surface area contributed by atoms with Crippen LogP contribution in [0, 0.1) is 0 Å². The van der Waals surface area contributed by atoms with E-state index in [1.54, 1.807) is 19.1 Å². The summed E-state index contributed by atoms with van der Waals surface area (Å²) >= 11 is 0. The molecular formula is C16H15N3O2. The molecule has 3 aromatic rings. The first-order chi connectivity index (χ1) is 10.2. The van der Waals surface area contributed by atoms with Gasteiger partial charge in [-0.1, -0.05) is 36.4 Å². The maximum absolute atomic E-state index is 12.4. The summed E-state index contributed by atoms with van der Waals surface area (Å²) in [6, 6.07) is 14.6. The highest BCUT2D eigenvalue weighted by Crippen LogP contribution is 2.23. The Labute approximate surface area is 121 Å². The fourth-order valence-electron chi connectivity index (χ4n) is 2.29. The van der Waals surface area contributed by atoms with Crippen LogP contribution in [0.15, 0.2) is 48.5 Å². The van der Waals surface area contributed by atoms with Gasteiger partial charge < -0.3 is 10.4 Å². The third-order valence-electron chi connectivity index (χ3n) is 3.34. The van der Waals surface area contributed by atoms with Gasteiger partial charge in [0.1, 0.15) is 0 Å². The zero-order valence-corrected chi connectivity index (χ0v) is 11.5. The first-order valence-corrected chi connectivity index (χ1v) is 6.68. The van der Waals surface area contributed by atoms with Crippen LogP contribution >= 0.6 is 0 Å². The summed E-state index contributed by atoms with van der Waals surface area (Å²) in [5, 5.41) is 20.2. The quantitative estimate of drug-likeness (QED) is 0.690. The molecule has 21 heavy (non-hydrogen) atoms. The standard InChI is InChI=1S/C16H15N3O2/c1-10(20)11-6-2-4-8-13(11)17-16(21)15-12-7-3-5-9-14(12)18-19-15/h2-10,20H,1H3,(H,17,21)(H,18,19). The van der Waals surface area contributed by atoms with E-state index in [0.29, 0.717) is 16.9 Å². The average molecular weight is 281 g/mol. The molecule has 0 fully saturated rings. The number of hydrogen-bond acceptors (Lipinski definition) is 3. The van der Waals surface area contributed by atoms with Crippen molar-refractivity contribution in [1.29, 1.82) is 0 Å². The number of aliphatic hydroxyl groups excluding tert-OH is 1. The van der Waals surface area contributed by atoms with Gasteiger partial charge >= 0.3 is 0 Å². The molecule has 3 rings (SSSR count). The Balaban J connectivity index is 1.94. The number of fused-ring (bicyclic) bond motifs is 1. The highest BCUT2D eigenvalue weighted by molar-refractivity contribution is 6.11. The number of hydrogen-bond donors (Lipinski definition) is 3. The molecule has 1 heterocycles. The Morgan fingerprint density at radius 3 is 2.71 bits per heavy atom. The highest BCUT2D eigenvalue weighted by atomic mass is 16.3. The number of aliphatic hydroxyl groups is 1. The number of amides is 1. The summed E-state index contributed by atoms with van der Waals surface area (Å²) in [5.41, 5.74) is 2.41. The van der Waals surface area contributed by atoms with E-state index in [4.69, 9.17) is 0 Å². The summed E-state index contributed by atoms with van der Waals surface area (Å²) < 4.78 is 0. The fraction of sp³-hybridized carbons (Fsp3) is 0.125.